The van der Waals surface area contributed by atoms with Gasteiger partial charge in [0.2, 0.25) is 0 Å². The summed E-state index contributed by atoms with van der Waals surface area (Å²) >= 11 is 1.38. The second-order valence-electron chi connectivity index (χ2n) is 15.2. The maximum Gasteiger partial charge on any atom is 0.530 e. The first-order valence-electron chi connectivity index (χ1n) is 21.7. The first-order chi connectivity index (χ1) is 33.2. The van der Waals surface area contributed by atoms with E-state index in [1.807, 2.05) is 65.8 Å². The number of benzene rings is 6. The van der Waals surface area contributed by atoms with Crippen molar-refractivity contribution in [3.8, 4) is 69.0 Å². The lowest BCUT2D eigenvalue weighted by atomic mass is 10.1. The molecule has 0 saturated heterocycles. The highest BCUT2D eigenvalue weighted by molar-refractivity contribution is 7.99. The van der Waals surface area contributed by atoms with Gasteiger partial charge in [0.15, 0.2) is 34.6 Å². The van der Waals surface area contributed by atoms with Crippen LogP contribution in [-0.4, -0.2) is 53.2 Å². The molecule has 6 aromatic carbocycles. The van der Waals surface area contributed by atoms with Gasteiger partial charge in [0.25, 0.3) is 0 Å². The first-order valence-corrected chi connectivity index (χ1v) is 24.8. The maximum atomic E-state index is 12.9. The van der Waals surface area contributed by atoms with Crippen LogP contribution in [0.3, 0.4) is 0 Å². The molecule has 0 atom stereocenters. The number of aryl methyl sites for hydroxylation is 4. The second kappa shape index (κ2) is 24.2. The van der Waals surface area contributed by atoms with Crippen molar-refractivity contribution in [1.82, 2.24) is 0 Å². The fourth-order valence-corrected chi connectivity index (χ4v) is 10.5. The molecular formula is C52H56O14P2S. The van der Waals surface area contributed by atoms with E-state index >= 15 is 0 Å². The summed E-state index contributed by atoms with van der Waals surface area (Å²) in [5.74, 6) is 4.18. The van der Waals surface area contributed by atoms with Gasteiger partial charge in [0.05, 0.1) is 62.6 Å². The third-order valence-corrected chi connectivity index (χ3v) is 13.1. The van der Waals surface area contributed by atoms with Gasteiger partial charge in [-0.3, -0.25) is 9.59 Å². The number of rotatable bonds is 24. The summed E-state index contributed by atoms with van der Waals surface area (Å²) in [5.41, 5.74) is 3.97. The number of carbonyl (C=O) groups is 2. The molecule has 0 unspecified atom stereocenters. The molecule has 0 aliphatic heterocycles. The lowest BCUT2D eigenvalue weighted by Crippen LogP contribution is -2.08. The lowest BCUT2D eigenvalue weighted by Gasteiger charge is -2.24. The fourth-order valence-electron chi connectivity index (χ4n) is 6.83. The van der Waals surface area contributed by atoms with Crippen LogP contribution in [0, 0.1) is 27.7 Å². The van der Waals surface area contributed by atoms with E-state index in [-0.39, 0.29) is 34.2 Å². The summed E-state index contributed by atoms with van der Waals surface area (Å²) in [4.78, 5) is 27.3. The van der Waals surface area contributed by atoms with E-state index in [1.165, 1.54) is 39.8 Å². The van der Waals surface area contributed by atoms with Gasteiger partial charge in [-0.2, -0.15) is 0 Å². The van der Waals surface area contributed by atoms with Gasteiger partial charge in [-0.15, -0.1) is 0 Å². The molecular weight excluding hydrogens is 943 g/mol. The molecule has 0 aliphatic rings. The molecule has 0 aromatic heterocycles. The minimum absolute atomic E-state index is 0.157. The zero-order valence-electron chi connectivity index (χ0n) is 40.7. The van der Waals surface area contributed by atoms with E-state index in [0.717, 1.165) is 22.3 Å². The topological polar surface area (TPSA) is 145 Å². The Bertz CT molecular complexity index is 2660. The molecule has 0 heterocycles. The molecule has 0 spiro atoms. The summed E-state index contributed by atoms with van der Waals surface area (Å²) in [5, 5.41) is 0. The van der Waals surface area contributed by atoms with E-state index in [0.29, 0.717) is 80.5 Å². The van der Waals surface area contributed by atoms with Gasteiger partial charge in [-0.1, -0.05) is 23.9 Å². The third-order valence-electron chi connectivity index (χ3n) is 10.1. The van der Waals surface area contributed by atoms with Crippen molar-refractivity contribution >= 4 is 40.5 Å². The second-order valence-corrected chi connectivity index (χ2v) is 18.3. The van der Waals surface area contributed by atoms with Crippen LogP contribution in [0.15, 0.2) is 107 Å². The standard InChI is InChI=1S/C52H56O14P2S/c1-13-59-43-21-17-39(57-11)29-47(43)63-68(64-48-30-40(58-12)18-22-44(48)60-14-2)66-52-34(6)24-32(4)26-50(52)69-49-25-31(3)23-33(5)51(49)65-67(61-45-27-37(55-9)15-19-41(45)35(7)53)62-46-28-38(56-10)16-20-42(46)36(8)54/h15-30H,13-14H2,1-12H3. The van der Waals surface area contributed by atoms with Crippen LogP contribution in [0.1, 0.15) is 70.7 Å². The summed E-state index contributed by atoms with van der Waals surface area (Å²) in [6, 6.07) is 28.1. The van der Waals surface area contributed by atoms with Gasteiger partial charge in [-0.05, 0) is 138 Å². The number of hydrogen-bond donors (Lipinski definition) is 0. The number of carbonyl (C=O) groups excluding carboxylic acids is 2. The number of ether oxygens (including phenoxy) is 6. The predicted octanol–water partition coefficient (Wildman–Crippen LogP) is 13.8. The van der Waals surface area contributed by atoms with Crippen molar-refractivity contribution in [2.24, 2.45) is 0 Å². The molecule has 364 valence electrons. The highest BCUT2D eigenvalue weighted by atomic mass is 32.2. The Morgan fingerprint density at radius 2 is 0.768 bits per heavy atom. The molecule has 69 heavy (non-hydrogen) atoms. The Kier molecular flexibility index (Phi) is 18.2. The van der Waals surface area contributed by atoms with Crippen LogP contribution in [0.25, 0.3) is 0 Å². The van der Waals surface area contributed by atoms with Crippen molar-refractivity contribution in [3.63, 3.8) is 0 Å². The number of Topliss-reactive ketones (excluding diaryl/α,β-unsaturated/α-hetero) is 2. The Morgan fingerprint density at radius 1 is 0.435 bits per heavy atom. The van der Waals surface area contributed by atoms with E-state index < -0.39 is 17.2 Å². The summed E-state index contributed by atoms with van der Waals surface area (Å²) in [6.45, 7) is 15.2. The average Bonchev–Trinajstić information content (AvgIpc) is 3.31. The minimum atomic E-state index is -2.48. The Hall–Kier alpha value is -6.53. The molecule has 6 aromatic rings. The molecule has 17 heteroatoms. The fraction of sp³-hybridized carbons (Fsp3) is 0.269. The molecule has 0 saturated carbocycles. The predicted molar refractivity (Wildman–Crippen MR) is 268 cm³/mol. The van der Waals surface area contributed by atoms with Crippen molar-refractivity contribution in [2.75, 3.05) is 41.7 Å². The SMILES string of the molecule is CCOc1ccc(OC)cc1OP(Oc1cc(OC)ccc1OCC)Oc1c(C)cc(C)cc1Sc1cc(C)cc(C)c1OP(Oc1cc(OC)ccc1C(C)=O)Oc1cc(OC)ccc1C(C)=O. The zero-order valence-corrected chi connectivity index (χ0v) is 43.3. The van der Waals surface area contributed by atoms with Gasteiger partial charge in [0, 0.05) is 24.3 Å². The van der Waals surface area contributed by atoms with Crippen LogP contribution in [0.4, 0.5) is 0 Å². The van der Waals surface area contributed by atoms with Crippen molar-refractivity contribution in [1.29, 1.82) is 0 Å². The highest BCUT2D eigenvalue weighted by Gasteiger charge is 2.31. The van der Waals surface area contributed by atoms with E-state index in [1.54, 1.807) is 87.0 Å². The quantitative estimate of drug-likeness (QED) is 0.0418. The maximum absolute atomic E-state index is 12.9. The number of ketones is 2. The number of hydrogen-bond acceptors (Lipinski definition) is 15. The molecule has 0 amide bonds. The van der Waals surface area contributed by atoms with E-state index in [2.05, 4.69) is 0 Å². The lowest BCUT2D eigenvalue weighted by molar-refractivity contribution is 0.100. The Labute approximate surface area is 410 Å². The van der Waals surface area contributed by atoms with E-state index in [9.17, 15) is 9.59 Å². The smallest absolute Gasteiger partial charge is 0.497 e. The summed E-state index contributed by atoms with van der Waals surface area (Å²) in [6.07, 6.45) is 0. The summed E-state index contributed by atoms with van der Waals surface area (Å²) < 4.78 is 74.2. The molecule has 0 fully saturated rings. The van der Waals surface area contributed by atoms with Crippen LogP contribution < -0.4 is 55.6 Å². The normalized spacial score (nSPS) is 10.9. The molecule has 0 radical (unpaired) electrons. The van der Waals surface area contributed by atoms with Crippen molar-refractivity contribution in [3.05, 3.63) is 130 Å². The van der Waals surface area contributed by atoms with Crippen LogP contribution >= 0.6 is 29.0 Å². The van der Waals surface area contributed by atoms with Gasteiger partial charge >= 0.3 is 17.2 Å². The van der Waals surface area contributed by atoms with Crippen LogP contribution in [0.5, 0.6) is 69.0 Å². The molecule has 0 bridgehead atoms. The molecule has 0 aliphatic carbocycles. The molecule has 6 rings (SSSR count). The van der Waals surface area contributed by atoms with Crippen LogP contribution in [0.2, 0.25) is 0 Å². The largest absolute Gasteiger partial charge is 0.530 e. The van der Waals surface area contributed by atoms with Crippen molar-refractivity contribution in [2.45, 2.75) is 65.2 Å². The van der Waals surface area contributed by atoms with Crippen molar-refractivity contribution < 1.29 is 65.2 Å². The Balaban J connectivity index is 1.46. The van der Waals surface area contributed by atoms with Crippen LogP contribution in [-0.2, 0) is 0 Å². The highest BCUT2D eigenvalue weighted by Crippen LogP contribution is 2.54. The first kappa shape index (κ1) is 51.9. The molecule has 0 N–H and O–H groups in total. The van der Waals surface area contributed by atoms with E-state index in [4.69, 9.17) is 55.6 Å². The van der Waals surface area contributed by atoms with Gasteiger partial charge in [-0.25, -0.2) is 0 Å². The third kappa shape index (κ3) is 13.4. The molecule has 14 nitrogen and oxygen atoms in total. The average molecular weight is 999 g/mol. The number of methoxy groups -OCH3 is 4. The Morgan fingerprint density at radius 3 is 1.10 bits per heavy atom. The minimum Gasteiger partial charge on any atom is -0.497 e. The van der Waals surface area contributed by atoms with Gasteiger partial charge in [0.1, 0.15) is 46.0 Å². The zero-order chi connectivity index (χ0) is 49.8. The monoisotopic (exact) mass is 998 g/mol. The van der Waals surface area contributed by atoms with Gasteiger partial charge < -0.3 is 55.6 Å². The summed E-state index contributed by atoms with van der Waals surface area (Å²) in [7, 11) is 1.34.